The largest absolute Gasteiger partial charge is 0.467 e. The zero-order valence-corrected chi connectivity index (χ0v) is 23.7. The van der Waals surface area contributed by atoms with Crippen LogP contribution < -0.4 is 10.6 Å². The van der Waals surface area contributed by atoms with Crippen LogP contribution in [0.5, 0.6) is 0 Å². The standard InChI is InChI=1S/C25H28I2N4O3/c1-15(2)23(25(33)34-3)31-24-19-6-4-5-7-20(19)29-21(30-24)14-28-22(32)11-17-9-8-16(12-26)10-18(17)13-27/h4-10,15,23H,11-14H2,1-3H3,(H,28,32)(H,29,30,31)/t23-/m0/s1. The number of hydrogen-bond acceptors (Lipinski definition) is 6. The van der Waals surface area contributed by atoms with E-state index in [9.17, 15) is 9.59 Å². The maximum atomic E-state index is 12.7. The van der Waals surface area contributed by atoms with Gasteiger partial charge in [-0.1, -0.05) is 89.4 Å². The number of ether oxygens (including phenoxy) is 1. The Bertz CT molecular complexity index is 1170. The Balaban J connectivity index is 1.78. The molecule has 0 saturated carbocycles. The van der Waals surface area contributed by atoms with Crippen LogP contribution in [0.15, 0.2) is 42.5 Å². The van der Waals surface area contributed by atoms with Crippen LogP contribution in [-0.4, -0.2) is 35.0 Å². The summed E-state index contributed by atoms with van der Waals surface area (Å²) in [5.74, 6) is 0.563. The normalized spacial score (nSPS) is 11.9. The maximum absolute atomic E-state index is 12.7. The lowest BCUT2D eigenvalue weighted by molar-refractivity contribution is -0.142. The summed E-state index contributed by atoms with van der Waals surface area (Å²) in [6.45, 7) is 4.07. The number of alkyl halides is 2. The van der Waals surface area contributed by atoms with Crippen molar-refractivity contribution in [2.24, 2.45) is 5.92 Å². The highest BCUT2D eigenvalue weighted by atomic mass is 127. The quantitative estimate of drug-likeness (QED) is 0.178. The van der Waals surface area contributed by atoms with Gasteiger partial charge in [0.15, 0.2) is 5.82 Å². The number of rotatable bonds is 10. The first-order valence-corrected chi connectivity index (χ1v) is 14.0. The van der Waals surface area contributed by atoms with Crippen molar-refractivity contribution in [3.05, 3.63) is 65.0 Å². The van der Waals surface area contributed by atoms with Crippen LogP contribution in [0.3, 0.4) is 0 Å². The number of esters is 1. The Morgan fingerprint density at radius 1 is 1.03 bits per heavy atom. The molecular formula is C25H28I2N4O3. The first-order chi connectivity index (χ1) is 16.4. The molecule has 34 heavy (non-hydrogen) atoms. The van der Waals surface area contributed by atoms with Crippen molar-refractivity contribution < 1.29 is 14.3 Å². The van der Waals surface area contributed by atoms with Gasteiger partial charge in [-0.2, -0.15) is 0 Å². The van der Waals surface area contributed by atoms with E-state index in [4.69, 9.17) is 4.74 Å². The van der Waals surface area contributed by atoms with E-state index in [1.807, 2.05) is 44.2 Å². The number of methoxy groups -OCH3 is 1. The Morgan fingerprint density at radius 3 is 2.47 bits per heavy atom. The second-order valence-electron chi connectivity index (χ2n) is 8.22. The number of halogens is 2. The predicted octanol–water partition coefficient (Wildman–Crippen LogP) is 4.97. The van der Waals surface area contributed by atoms with E-state index in [0.29, 0.717) is 18.1 Å². The molecule has 3 rings (SSSR count). The molecule has 0 spiro atoms. The third-order valence-electron chi connectivity index (χ3n) is 5.43. The van der Waals surface area contributed by atoms with Crippen LogP contribution in [0.2, 0.25) is 0 Å². The molecule has 3 aromatic rings. The summed E-state index contributed by atoms with van der Waals surface area (Å²) in [4.78, 5) is 34.2. The third-order valence-corrected chi connectivity index (χ3v) is 7.13. The summed E-state index contributed by atoms with van der Waals surface area (Å²) in [5, 5.41) is 6.97. The third kappa shape index (κ3) is 6.77. The number of benzene rings is 2. The summed E-state index contributed by atoms with van der Waals surface area (Å²) in [6.07, 6.45) is 0.302. The molecule has 180 valence electrons. The van der Waals surface area contributed by atoms with Gasteiger partial charge in [0.2, 0.25) is 5.91 Å². The molecule has 1 aromatic heterocycles. The topological polar surface area (TPSA) is 93.2 Å². The van der Waals surface area contributed by atoms with Crippen molar-refractivity contribution in [2.75, 3.05) is 12.4 Å². The number of fused-ring (bicyclic) bond motifs is 1. The number of carbonyl (C=O) groups is 2. The van der Waals surface area contributed by atoms with Crippen molar-refractivity contribution in [1.82, 2.24) is 15.3 Å². The lowest BCUT2D eigenvalue weighted by Crippen LogP contribution is -2.36. The molecule has 0 unspecified atom stereocenters. The summed E-state index contributed by atoms with van der Waals surface area (Å²) in [7, 11) is 1.37. The average molecular weight is 686 g/mol. The Morgan fingerprint density at radius 2 is 1.79 bits per heavy atom. The molecular weight excluding hydrogens is 658 g/mol. The molecule has 2 N–H and O–H groups in total. The van der Waals surface area contributed by atoms with E-state index >= 15 is 0 Å². The smallest absolute Gasteiger partial charge is 0.328 e. The number of anilines is 1. The number of nitrogens with zero attached hydrogens (tertiary/aromatic N) is 2. The highest BCUT2D eigenvalue weighted by molar-refractivity contribution is 14.1. The molecule has 0 bridgehead atoms. The van der Waals surface area contributed by atoms with Gasteiger partial charge in [-0.3, -0.25) is 4.79 Å². The van der Waals surface area contributed by atoms with Gasteiger partial charge in [0.25, 0.3) is 0 Å². The van der Waals surface area contributed by atoms with Crippen molar-refractivity contribution >= 4 is 73.8 Å². The van der Waals surface area contributed by atoms with Crippen LogP contribution in [-0.2, 0) is 36.1 Å². The molecule has 7 nitrogen and oxygen atoms in total. The second kappa shape index (κ2) is 12.6. The first kappa shape index (κ1) is 26.6. The van der Waals surface area contributed by atoms with E-state index in [-0.39, 0.29) is 24.3 Å². The number of amides is 1. The zero-order chi connectivity index (χ0) is 24.7. The first-order valence-electron chi connectivity index (χ1n) is 11.0. The summed E-state index contributed by atoms with van der Waals surface area (Å²) in [5.41, 5.74) is 4.20. The fourth-order valence-electron chi connectivity index (χ4n) is 3.56. The van der Waals surface area contributed by atoms with Crippen molar-refractivity contribution in [2.45, 2.75) is 41.7 Å². The van der Waals surface area contributed by atoms with Crippen molar-refractivity contribution in [1.29, 1.82) is 0 Å². The van der Waals surface area contributed by atoms with Crippen LogP contribution in [0, 0.1) is 5.92 Å². The average Bonchev–Trinajstić information content (AvgIpc) is 2.85. The monoisotopic (exact) mass is 686 g/mol. The minimum Gasteiger partial charge on any atom is -0.467 e. The lowest BCUT2D eigenvalue weighted by atomic mass is 10.0. The van der Waals surface area contributed by atoms with Crippen LogP contribution in [0.4, 0.5) is 5.82 Å². The molecule has 0 fully saturated rings. The molecule has 1 heterocycles. The van der Waals surface area contributed by atoms with Gasteiger partial charge in [-0.05, 0) is 34.7 Å². The highest BCUT2D eigenvalue weighted by Gasteiger charge is 2.24. The van der Waals surface area contributed by atoms with E-state index < -0.39 is 6.04 Å². The van der Waals surface area contributed by atoms with E-state index in [2.05, 4.69) is 77.9 Å². The van der Waals surface area contributed by atoms with Crippen molar-refractivity contribution in [3.63, 3.8) is 0 Å². The fourth-order valence-corrected chi connectivity index (χ4v) is 4.74. The van der Waals surface area contributed by atoms with Gasteiger partial charge in [0, 0.05) is 14.2 Å². The molecule has 2 aromatic carbocycles. The highest BCUT2D eigenvalue weighted by Crippen LogP contribution is 2.23. The number of carbonyl (C=O) groups excluding carboxylic acids is 2. The van der Waals surface area contributed by atoms with Gasteiger partial charge in [-0.25, -0.2) is 14.8 Å². The van der Waals surface area contributed by atoms with Gasteiger partial charge in [0.1, 0.15) is 11.9 Å². The van der Waals surface area contributed by atoms with Gasteiger partial charge < -0.3 is 15.4 Å². The number of nitrogens with one attached hydrogen (secondary N) is 2. The molecule has 9 heteroatoms. The lowest BCUT2D eigenvalue weighted by Gasteiger charge is -2.21. The summed E-state index contributed by atoms with van der Waals surface area (Å²) >= 11 is 4.67. The molecule has 0 aliphatic carbocycles. The fraction of sp³-hybridized carbons (Fsp3) is 0.360. The summed E-state index contributed by atoms with van der Waals surface area (Å²) < 4.78 is 6.75. The minimum atomic E-state index is -0.553. The maximum Gasteiger partial charge on any atom is 0.328 e. The van der Waals surface area contributed by atoms with Gasteiger partial charge >= 0.3 is 5.97 Å². The SMILES string of the molecule is COC(=O)[C@@H](Nc1nc(CNC(=O)Cc2ccc(CI)cc2CI)nc2ccccc12)C(C)C. The van der Waals surface area contributed by atoms with Crippen LogP contribution in [0.1, 0.15) is 36.4 Å². The Labute approximate surface area is 227 Å². The van der Waals surface area contributed by atoms with Gasteiger partial charge in [-0.15, -0.1) is 0 Å². The van der Waals surface area contributed by atoms with E-state index in [1.54, 1.807) is 0 Å². The number of para-hydroxylation sites is 1. The van der Waals surface area contributed by atoms with E-state index in [1.165, 1.54) is 18.2 Å². The molecule has 1 atom stereocenters. The number of aromatic nitrogens is 2. The van der Waals surface area contributed by atoms with Crippen molar-refractivity contribution in [3.8, 4) is 0 Å². The predicted molar refractivity (Wildman–Crippen MR) is 151 cm³/mol. The second-order valence-corrected chi connectivity index (χ2v) is 9.74. The molecule has 1 amide bonds. The molecule has 0 saturated heterocycles. The zero-order valence-electron chi connectivity index (χ0n) is 19.4. The molecule has 0 aliphatic rings. The van der Waals surface area contributed by atoms with Crippen LogP contribution >= 0.6 is 45.2 Å². The molecule has 0 aliphatic heterocycles. The van der Waals surface area contributed by atoms with Crippen LogP contribution in [0.25, 0.3) is 10.9 Å². The van der Waals surface area contributed by atoms with E-state index in [0.717, 1.165) is 25.3 Å². The Hall–Kier alpha value is -2.02. The van der Waals surface area contributed by atoms with Gasteiger partial charge in [0.05, 0.1) is 25.6 Å². The summed E-state index contributed by atoms with van der Waals surface area (Å²) in [6, 6.07) is 13.3. The minimum absolute atomic E-state index is 0.00461. The Kier molecular flexibility index (Phi) is 9.86. The molecule has 0 radical (unpaired) electrons. The number of hydrogen-bond donors (Lipinski definition) is 2.